The van der Waals surface area contributed by atoms with Gasteiger partial charge in [0.15, 0.2) is 0 Å². The first-order chi connectivity index (χ1) is 15.2. The number of anilines is 2. The first kappa shape index (κ1) is 24.0. The van der Waals surface area contributed by atoms with Crippen molar-refractivity contribution >= 4 is 44.8 Å². The number of carbonyl (C=O) groups is 2. The second-order valence-corrected chi connectivity index (χ2v) is 9.83. The molecular formula is C22H26ClN3O5S. The van der Waals surface area contributed by atoms with Crippen LogP contribution in [0.3, 0.4) is 0 Å². The number of nitrogens with zero attached hydrogens (tertiary/aromatic N) is 1. The minimum Gasteiger partial charge on any atom is -0.495 e. The highest BCUT2D eigenvalue weighted by atomic mass is 35.5. The van der Waals surface area contributed by atoms with Gasteiger partial charge < -0.3 is 15.4 Å². The molecule has 32 heavy (non-hydrogen) atoms. The van der Waals surface area contributed by atoms with Gasteiger partial charge in [-0.25, -0.2) is 8.42 Å². The maximum atomic E-state index is 13.3. The molecule has 1 fully saturated rings. The zero-order chi connectivity index (χ0) is 23.3. The van der Waals surface area contributed by atoms with Crippen molar-refractivity contribution in [3.05, 3.63) is 47.0 Å². The van der Waals surface area contributed by atoms with E-state index < -0.39 is 15.9 Å². The minimum absolute atomic E-state index is 0.0401. The molecule has 0 aromatic heterocycles. The van der Waals surface area contributed by atoms with Crippen molar-refractivity contribution in [3.63, 3.8) is 0 Å². The highest BCUT2D eigenvalue weighted by Gasteiger charge is 2.29. The molecule has 1 aliphatic rings. The molecule has 1 aliphatic heterocycles. The summed E-state index contributed by atoms with van der Waals surface area (Å²) in [5.41, 5.74) is 0.982. The van der Waals surface area contributed by atoms with Crippen molar-refractivity contribution in [3.8, 4) is 5.75 Å². The molecule has 3 rings (SSSR count). The number of ether oxygens (including phenoxy) is 1. The normalized spacial score (nSPS) is 15.0. The molecule has 0 atom stereocenters. The van der Waals surface area contributed by atoms with Crippen LogP contribution >= 0.6 is 11.6 Å². The molecule has 0 radical (unpaired) electrons. The average Bonchev–Trinajstić information content (AvgIpc) is 3.05. The van der Waals surface area contributed by atoms with E-state index in [9.17, 15) is 18.0 Å². The minimum atomic E-state index is -3.82. The Morgan fingerprint density at radius 2 is 1.69 bits per heavy atom. The fourth-order valence-corrected chi connectivity index (χ4v) is 5.46. The summed E-state index contributed by atoms with van der Waals surface area (Å²) >= 11 is 6.22. The fourth-order valence-electron chi connectivity index (χ4n) is 3.53. The molecule has 10 heteroatoms. The van der Waals surface area contributed by atoms with Crippen LogP contribution in [0.15, 0.2) is 41.3 Å². The summed E-state index contributed by atoms with van der Waals surface area (Å²) in [6, 6.07) is 8.97. The number of rotatable bonds is 6. The third-order valence-electron chi connectivity index (χ3n) is 5.15. The molecule has 0 saturated carbocycles. The summed E-state index contributed by atoms with van der Waals surface area (Å²) < 4.78 is 33.3. The summed E-state index contributed by atoms with van der Waals surface area (Å²) in [7, 11) is -2.42. The van der Waals surface area contributed by atoms with E-state index in [-0.39, 0.29) is 27.1 Å². The van der Waals surface area contributed by atoms with Gasteiger partial charge in [0.05, 0.1) is 17.8 Å². The second-order valence-electron chi connectivity index (χ2n) is 7.51. The van der Waals surface area contributed by atoms with Crippen molar-refractivity contribution in [2.24, 2.45) is 0 Å². The monoisotopic (exact) mass is 479 g/mol. The Morgan fingerprint density at radius 1 is 1.00 bits per heavy atom. The average molecular weight is 480 g/mol. The van der Waals surface area contributed by atoms with E-state index in [2.05, 4.69) is 10.6 Å². The third-order valence-corrected chi connectivity index (χ3v) is 7.38. The number of sulfonamides is 1. The van der Waals surface area contributed by atoms with Crippen LogP contribution in [-0.2, 0) is 14.8 Å². The van der Waals surface area contributed by atoms with E-state index in [4.69, 9.17) is 16.3 Å². The summed E-state index contributed by atoms with van der Waals surface area (Å²) in [5, 5.41) is 5.52. The maximum Gasteiger partial charge on any atom is 0.255 e. The number of nitrogens with one attached hydrogen (secondary N) is 2. The Kier molecular flexibility index (Phi) is 7.76. The van der Waals surface area contributed by atoms with Crippen LogP contribution in [0.1, 0.15) is 43.0 Å². The largest absolute Gasteiger partial charge is 0.495 e. The van der Waals surface area contributed by atoms with Gasteiger partial charge in [0.1, 0.15) is 10.6 Å². The molecule has 1 saturated heterocycles. The van der Waals surface area contributed by atoms with Gasteiger partial charge in [0.25, 0.3) is 5.91 Å². The van der Waals surface area contributed by atoms with Crippen LogP contribution in [0.4, 0.5) is 11.4 Å². The topological polar surface area (TPSA) is 105 Å². The molecule has 2 aromatic carbocycles. The van der Waals surface area contributed by atoms with Crippen LogP contribution in [0.5, 0.6) is 5.75 Å². The van der Waals surface area contributed by atoms with E-state index in [0.29, 0.717) is 24.5 Å². The molecule has 2 N–H and O–H groups in total. The molecule has 8 nitrogen and oxygen atoms in total. The van der Waals surface area contributed by atoms with Crippen LogP contribution in [0.25, 0.3) is 0 Å². The summed E-state index contributed by atoms with van der Waals surface area (Å²) in [4.78, 5) is 24.0. The Bertz CT molecular complexity index is 1110. The fraction of sp³-hybridized carbons (Fsp3) is 0.364. The van der Waals surface area contributed by atoms with E-state index >= 15 is 0 Å². The number of hydrogen-bond acceptors (Lipinski definition) is 5. The Labute approximate surface area is 192 Å². The summed E-state index contributed by atoms with van der Waals surface area (Å²) in [5.74, 6) is -0.577. The third kappa shape index (κ3) is 5.59. The molecule has 2 amide bonds. The van der Waals surface area contributed by atoms with Crippen molar-refractivity contribution in [1.29, 1.82) is 0 Å². The lowest BCUT2D eigenvalue weighted by Crippen LogP contribution is -2.32. The van der Waals surface area contributed by atoms with Crippen molar-refractivity contribution in [2.75, 3.05) is 30.8 Å². The SMILES string of the molecule is COc1ccc(C(=O)Nc2ccc(NC(C)=O)cc2Cl)cc1S(=O)(=O)N1CCCCCC1. The molecule has 172 valence electrons. The van der Waals surface area contributed by atoms with Gasteiger partial charge in [-0.05, 0) is 49.2 Å². The first-order valence-corrected chi connectivity index (χ1v) is 12.1. The van der Waals surface area contributed by atoms with Gasteiger partial charge in [0.2, 0.25) is 15.9 Å². The molecule has 0 spiro atoms. The standard InChI is InChI=1S/C22H26ClN3O5S/c1-15(27)24-17-8-9-19(18(23)14-17)25-22(28)16-7-10-20(31-2)21(13-16)32(29,30)26-11-5-3-4-6-12-26/h7-10,13-14H,3-6,11-12H2,1-2H3,(H,24,27)(H,25,28). The smallest absolute Gasteiger partial charge is 0.255 e. The Hall–Kier alpha value is -2.62. The molecule has 0 aliphatic carbocycles. The highest BCUT2D eigenvalue weighted by molar-refractivity contribution is 7.89. The lowest BCUT2D eigenvalue weighted by atomic mass is 10.2. The quantitative estimate of drug-likeness (QED) is 0.648. The van der Waals surface area contributed by atoms with E-state index in [1.54, 1.807) is 12.1 Å². The zero-order valence-electron chi connectivity index (χ0n) is 18.0. The van der Waals surface area contributed by atoms with E-state index in [1.807, 2.05) is 0 Å². The van der Waals surface area contributed by atoms with Gasteiger partial charge >= 0.3 is 0 Å². The Morgan fingerprint density at radius 3 is 2.28 bits per heavy atom. The van der Waals surface area contributed by atoms with Crippen molar-refractivity contribution < 1.29 is 22.7 Å². The number of halogens is 1. The number of benzene rings is 2. The molecular weight excluding hydrogens is 454 g/mol. The lowest BCUT2D eigenvalue weighted by molar-refractivity contribution is -0.114. The zero-order valence-corrected chi connectivity index (χ0v) is 19.6. The molecule has 0 bridgehead atoms. The predicted octanol–water partition coefficient (Wildman–Crippen LogP) is 4.12. The second kappa shape index (κ2) is 10.3. The number of carbonyl (C=O) groups excluding carboxylic acids is 2. The van der Waals surface area contributed by atoms with Crippen LogP contribution in [0.2, 0.25) is 5.02 Å². The Balaban J connectivity index is 1.87. The van der Waals surface area contributed by atoms with Gasteiger partial charge in [-0.1, -0.05) is 24.4 Å². The van der Waals surface area contributed by atoms with Gasteiger partial charge in [-0.3, -0.25) is 9.59 Å². The molecule has 1 heterocycles. The van der Waals surface area contributed by atoms with E-state index in [0.717, 1.165) is 25.7 Å². The maximum absolute atomic E-state index is 13.3. The van der Waals surface area contributed by atoms with E-state index in [1.165, 1.54) is 42.6 Å². The van der Waals surface area contributed by atoms with Crippen molar-refractivity contribution in [1.82, 2.24) is 4.31 Å². The van der Waals surface area contributed by atoms with Crippen LogP contribution in [0, 0.1) is 0 Å². The lowest BCUT2D eigenvalue weighted by Gasteiger charge is -2.21. The van der Waals surface area contributed by atoms with Gasteiger partial charge in [0, 0.05) is 31.3 Å². The van der Waals surface area contributed by atoms with Gasteiger partial charge in [-0.15, -0.1) is 0 Å². The number of methoxy groups -OCH3 is 1. The summed E-state index contributed by atoms with van der Waals surface area (Å²) in [6.45, 7) is 2.26. The number of amides is 2. The predicted molar refractivity (Wildman–Crippen MR) is 124 cm³/mol. The number of hydrogen-bond donors (Lipinski definition) is 2. The molecule has 0 unspecified atom stereocenters. The van der Waals surface area contributed by atoms with Crippen molar-refractivity contribution in [2.45, 2.75) is 37.5 Å². The van der Waals surface area contributed by atoms with Gasteiger partial charge in [-0.2, -0.15) is 4.31 Å². The first-order valence-electron chi connectivity index (χ1n) is 10.3. The molecule has 2 aromatic rings. The van der Waals surface area contributed by atoms with Crippen LogP contribution in [-0.4, -0.2) is 44.7 Å². The van der Waals surface area contributed by atoms with Crippen LogP contribution < -0.4 is 15.4 Å². The highest BCUT2D eigenvalue weighted by Crippen LogP contribution is 2.31. The summed E-state index contributed by atoms with van der Waals surface area (Å²) in [6.07, 6.45) is 3.59.